The SMILES string of the molecule is COc1ccc2ccccc2c1CNC(=O)C(C)SCc1ccccc1. The summed E-state index contributed by atoms with van der Waals surface area (Å²) in [5, 5.41) is 5.20. The molecule has 134 valence electrons. The van der Waals surface area contributed by atoms with Gasteiger partial charge in [-0.1, -0.05) is 60.7 Å². The first-order valence-corrected chi connectivity index (χ1v) is 9.72. The molecular weight excluding hydrogens is 342 g/mol. The van der Waals surface area contributed by atoms with E-state index in [1.807, 2.05) is 49.4 Å². The Hall–Kier alpha value is -2.46. The Morgan fingerprint density at radius 3 is 2.54 bits per heavy atom. The highest BCUT2D eigenvalue weighted by Gasteiger charge is 2.15. The van der Waals surface area contributed by atoms with E-state index >= 15 is 0 Å². The number of benzene rings is 3. The van der Waals surface area contributed by atoms with Crippen molar-refractivity contribution >= 4 is 28.4 Å². The summed E-state index contributed by atoms with van der Waals surface area (Å²) < 4.78 is 5.50. The van der Waals surface area contributed by atoms with Crippen LogP contribution in [0.25, 0.3) is 10.8 Å². The maximum Gasteiger partial charge on any atom is 0.233 e. The molecule has 0 saturated heterocycles. The summed E-state index contributed by atoms with van der Waals surface area (Å²) in [6.45, 7) is 2.41. The molecule has 0 fully saturated rings. The van der Waals surface area contributed by atoms with Crippen LogP contribution in [0.1, 0.15) is 18.1 Å². The van der Waals surface area contributed by atoms with Gasteiger partial charge in [0.25, 0.3) is 0 Å². The Balaban J connectivity index is 1.64. The molecule has 3 nitrogen and oxygen atoms in total. The number of carbonyl (C=O) groups excluding carboxylic acids is 1. The molecule has 0 aliphatic rings. The van der Waals surface area contributed by atoms with Gasteiger partial charge in [-0.05, 0) is 29.3 Å². The number of hydrogen-bond donors (Lipinski definition) is 1. The molecule has 26 heavy (non-hydrogen) atoms. The lowest BCUT2D eigenvalue weighted by molar-refractivity contribution is -0.120. The van der Waals surface area contributed by atoms with Gasteiger partial charge in [-0.2, -0.15) is 0 Å². The van der Waals surface area contributed by atoms with Crippen LogP contribution in [0.15, 0.2) is 66.7 Å². The van der Waals surface area contributed by atoms with Gasteiger partial charge in [-0.15, -0.1) is 11.8 Å². The molecule has 4 heteroatoms. The molecule has 1 amide bonds. The van der Waals surface area contributed by atoms with Crippen molar-refractivity contribution in [1.29, 1.82) is 0 Å². The van der Waals surface area contributed by atoms with Crippen LogP contribution in [0.2, 0.25) is 0 Å². The average Bonchev–Trinajstić information content (AvgIpc) is 2.70. The quantitative estimate of drug-likeness (QED) is 0.654. The maximum atomic E-state index is 12.5. The minimum atomic E-state index is -0.115. The summed E-state index contributed by atoms with van der Waals surface area (Å²) in [6.07, 6.45) is 0. The summed E-state index contributed by atoms with van der Waals surface area (Å²) in [7, 11) is 1.66. The number of ether oxygens (including phenoxy) is 1. The fourth-order valence-corrected chi connectivity index (χ4v) is 3.75. The molecule has 0 radical (unpaired) electrons. The van der Waals surface area contributed by atoms with E-state index in [9.17, 15) is 4.79 Å². The van der Waals surface area contributed by atoms with Crippen molar-refractivity contribution in [2.24, 2.45) is 0 Å². The van der Waals surface area contributed by atoms with Crippen molar-refractivity contribution in [3.05, 3.63) is 77.9 Å². The summed E-state index contributed by atoms with van der Waals surface area (Å²) in [6, 6.07) is 22.4. The number of methoxy groups -OCH3 is 1. The molecule has 0 spiro atoms. The van der Waals surface area contributed by atoms with Crippen molar-refractivity contribution in [3.63, 3.8) is 0 Å². The number of hydrogen-bond acceptors (Lipinski definition) is 3. The minimum absolute atomic E-state index is 0.0425. The van der Waals surface area contributed by atoms with Crippen LogP contribution < -0.4 is 10.1 Å². The molecule has 0 aromatic heterocycles. The molecule has 3 rings (SSSR count). The zero-order chi connectivity index (χ0) is 18.4. The van der Waals surface area contributed by atoms with Gasteiger partial charge < -0.3 is 10.1 Å². The smallest absolute Gasteiger partial charge is 0.233 e. The average molecular weight is 365 g/mol. The van der Waals surface area contributed by atoms with Crippen LogP contribution in [-0.2, 0) is 17.1 Å². The third kappa shape index (κ3) is 4.38. The van der Waals surface area contributed by atoms with Crippen LogP contribution in [0.4, 0.5) is 0 Å². The second kappa shape index (κ2) is 8.77. The molecule has 3 aromatic carbocycles. The second-order valence-corrected chi connectivity index (χ2v) is 7.45. The van der Waals surface area contributed by atoms with E-state index in [4.69, 9.17) is 4.74 Å². The number of rotatable bonds is 7. The molecule has 3 aromatic rings. The third-order valence-electron chi connectivity index (χ3n) is 4.37. The number of fused-ring (bicyclic) bond motifs is 1. The molecule has 0 saturated carbocycles. The third-order valence-corrected chi connectivity index (χ3v) is 5.58. The predicted molar refractivity (Wildman–Crippen MR) is 110 cm³/mol. The van der Waals surface area contributed by atoms with Gasteiger partial charge in [0.1, 0.15) is 5.75 Å². The molecule has 0 aliphatic heterocycles. The lowest BCUT2D eigenvalue weighted by atomic mass is 10.0. The fraction of sp³-hybridized carbons (Fsp3) is 0.227. The Morgan fingerprint density at radius 2 is 1.77 bits per heavy atom. The van der Waals surface area contributed by atoms with Crippen molar-refractivity contribution in [2.45, 2.75) is 24.5 Å². The Bertz CT molecular complexity index is 880. The monoisotopic (exact) mass is 365 g/mol. The van der Waals surface area contributed by atoms with E-state index in [2.05, 4.69) is 29.6 Å². The highest BCUT2D eigenvalue weighted by Crippen LogP contribution is 2.28. The Kier molecular flexibility index (Phi) is 6.18. The van der Waals surface area contributed by atoms with Gasteiger partial charge in [0.05, 0.1) is 12.4 Å². The summed E-state index contributed by atoms with van der Waals surface area (Å²) in [5.41, 5.74) is 2.24. The van der Waals surface area contributed by atoms with E-state index < -0.39 is 0 Å². The first kappa shape index (κ1) is 18.3. The normalized spacial score (nSPS) is 11.9. The first-order chi connectivity index (χ1) is 12.7. The molecular formula is C22H23NO2S. The van der Waals surface area contributed by atoms with E-state index in [1.54, 1.807) is 18.9 Å². The number of thioether (sulfide) groups is 1. The van der Waals surface area contributed by atoms with Crippen LogP contribution >= 0.6 is 11.8 Å². The Morgan fingerprint density at radius 1 is 1.04 bits per heavy atom. The van der Waals surface area contributed by atoms with Gasteiger partial charge in [-0.3, -0.25) is 4.79 Å². The van der Waals surface area contributed by atoms with Crippen molar-refractivity contribution < 1.29 is 9.53 Å². The number of carbonyl (C=O) groups is 1. The zero-order valence-corrected chi connectivity index (χ0v) is 15.9. The van der Waals surface area contributed by atoms with Crippen molar-refractivity contribution in [1.82, 2.24) is 5.32 Å². The van der Waals surface area contributed by atoms with E-state index in [0.29, 0.717) is 6.54 Å². The summed E-state index contributed by atoms with van der Waals surface area (Å²) in [4.78, 5) is 12.5. The summed E-state index contributed by atoms with van der Waals surface area (Å²) >= 11 is 1.64. The van der Waals surface area contributed by atoms with Gasteiger partial charge in [-0.25, -0.2) is 0 Å². The predicted octanol–water partition coefficient (Wildman–Crippen LogP) is 4.79. The second-order valence-electron chi connectivity index (χ2n) is 6.12. The van der Waals surface area contributed by atoms with Crippen molar-refractivity contribution in [3.8, 4) is 5.75 Å². The first-order valence-electron chi connectivity index (χ1n) is 8.67. The van der Waals surface area contributed by atoms with Gasteiger partial charge >= 0.3 is 0 Å². The highest BCUT2D eigenvalue weighted by molar-refractivity contribution is 7.99. The lowest BCUT2D eigenvalue weighted by Crippen LogP contribution is -2.30. The Labute approximate surface area is 158 Å². The molecule has 0 bridgehead atoms. The zero-order valence-electron chi connectivity index (χ0n) is 15.1. The molecule has 1 N–H and O–H groups in total. The number of nitrogens with one attached hydrogen (secondary N) is 1. The molecule has 0 aliphatic carbocycles. The lowest BCUT2D eigenvalue weighted by Gasteiger charge is -2.15. The standard InChI is InChI=1S/C22H23NO2S/c1-16(26-15-17-8-4-3-5-9-17)22(24)23-14-20-19-11-7-6-10-18(19)12-13-21(20)25-2/h3-13,16H,14-15H2,1-2H3,(H,23,24). The van der Waals surface area contributed by atoms with E-state index in [-0.39, 0.29) is 11.2 Å². The molecule has 1 atom stereocenters. The maximum absolute atomic E-state index is 12.5. The van der Waals surface area contributed by atoms with Gasteiger partial charge in [0.15, 0.2) is 0 Å². The van der Waals surface area contributed by atoms with Crippen LogP contribution in [-0.4, -0.2) is 18.3 Å². The minimum Gasteiger partial charge on any atom is -0.496 e. The van der Waals surface area contributed by atoms with Crippen LogP contribution in [0.3, 0.4) is 0 Å². The van der Waals surface area contributed by atoms with Crippen molar-refractivity contribution in [2.75, 3.05) is 7.11 Å². The van der Waals surface area contributed by atoms with Crippen LogP contribution in [0, 0.1) is 0 Å². The summed E-state index contributed by atoms with van der Waals surface area (Å²) in [5.74, 6) is 1.67. The molecule has 0 heterocycles. The van der Waals surface area contributed by atoms with Gasteiger partial charge in [0, 0.05) is 17.9 Å². The van der Waals surface area contributed by atoms with E-state index in [1.165, 1.54) is 5.56 Å². The van der Waals surface area contributed by atoms with E-state index in [0.717, 1.165) is 27.8 Å². The highest BCUT2D eigenvalue weighted by atomic mass is 32.2. The largest absolute Gasteiger partial charge is 0.496 e. The van der Waals surface area contributed by atoms with Crippen LogP contribution in [0.5, 0.6) is 5.75 Å². The number of amides is 1. The fourth-order valence-electron chi connectivity index (χ4n) is 2.88. The topological polar surface area (TPSA) is 38.3 Å². The van der Waals surface area contributed by atoms with Gasteiger partial charge in [0.2, 0.25) is 5.91 Å². The molecule has 1 unspecified atom stereocenters.